The standard InChI is InChI=1S/C13H14N2O/c1-10-5-6-11(8-14-10)9-15-12-3-2-4-13(16)7-12/h2-8,15-16H,9H2,1H3. The second kappa shape index (κ2) is 4.66. The first-order valence-electron chi connectivity index (χ1n) is 5.18. The number of benzene rings is 1. The molecule has 2 N–H and O–H groups in total. The quantitative estimate of drug-likeness (QED) is 0.825. The minimum Gasteiger partial charge on any atom is -0.508 e. The van der Waals surface area contributed by atoms with Gasteiger partial charge in [0, 0.05) is 30.2 Å². The van der Waals surface area contributed by atoms with Crippen LogP contribution in [0.15, 0.2) is 42.6 Å². The van der Waals surface area contributed by atoms with Gasteiger partial charge in [0.05, 0.1) is 0 Å². The van der Waals surface area contributed by atoms with Crippen LogP contribution in [0.1, 0.15) is 11.3 Å². The Morgan fingerprint density at radius 2 is 2.12 bits per heavy atom. The van der Waals surface area contributed by atoms with Crippen LogP contribution in [0.4, 0.5) is 5.69 Å². The number of rotatable bonds is 3. The number of nitrogens with zero attached hydrogens (tertiary/aromatic N) is 1. The van der Waals surface area contributed by atoms with Crippen LogP contribution < -0.4 is 5.32 Å². The summed E-state index contributed by atoms with van der Waals surface area (Å²) >= 11 is 0. The first-order valence-corrected chi connectivity index (χ1v) is 5.18. The Hall–Kier alpha value is -2.03. The van der Waals surface area contributed by atoms with E-state index in [-0.39, 0.29) is 5.75 Å². The molecule has 16 heavy (non-hydrogen) atoms. The smallest absolute Gasteiger partial charge is 0.117 e. The summed E-state index contributed by atoms with van der Waals surface area (Å²) in [6.07, 6.45) is 1.85. The molecule has 3 nitrogen and oxygen atoms in total. The number of aryl methyl sites for hydroxylation is 1. The SMILES string of the molecule is Cc1ccc(CNc2cccc(O)c2)cn1. The average Bonchev–Trinajstić information content (AvgIpc) is 2.28. The molecule has 0 unspecified atom stereocenters. The van der Waals surface area contributed by atoms with Crippen LogP contribution in [-0.2, 0) is 6.54 Å². The second-order valence-corrected chi connectivity index (χ2v) is 3.71. The molecule has 0 saturated carbocycles. The molecule has 0 aliphatic heterocycles. The van der Waals surface area contributed by atoms with Gasteiger partial charge in [-0.3, -0.25) is 4.98 Å². The molecule has 82 valence electrons. The van der Waals surface area contributed by atoms with Gasteiger partial charge in [-0.15, -0.1) is 0 Å². The normalized spacial score (nSPS) is 10.1. The molecule has 1 heterocycles. The fourth-order valence-corrected chi connectivity index (χ4v) is 1.42. The minimum atomic E-state index is 0.270. The van der Waals surface area contributed by atoms with Crippen LogP contribution in [0.25, 0.3) is 0 Å². The van der Waals surface area contributed by atoms with Gasteiger partial charge in [-0.25, -0.2) is 0 Å². The molecular formula is C13H14N2O. The van der Waals surface area contributed by atoms with E-state index >= 15 is 0 Å². The molecule has 0 aliphatic carbocycles. The lowest BCUT2D eigenvalue weighted by Crippen LogP contribution is -1.99. The van der Waals surface area contributed by atoms with Gasteiger partial charge in [0.15, 0.2) is 0 Å². The zero-order chi connectivity index (χ0) is 11.4. The Morgan fingerprint density at radius 3 is 2.81 bits per heavy atom. The molecule has 1 aromatic heterocycles. The van der Waals surface area contributed by atoms with E-state index < -0.39 is 0 Å². The predicted molar refractivity (Wildman–Crippen MR) is 64.4 cm³/mol. The van der Waals surface area contributed by atoms with Crippen molar-refractivity contribution in [2.75, 3.05) is 5.32 Å². The lowest BCUT2D eigenvalue weighted by atomic mass is 10.2. The first kappa shape index (κ1) is 10.5. The molecule has 0 bridgehead atoms. The van der Waals surface area contributed by atoms with Crippen LogP contribution in [-0.4, -0.2) is 10.1 Å². The van der Waals surface area contributed by atoms with E-state index in [4.69, 9.17) is 0 Å². The van der Waals surface area contributed by atoms with Crippen LogP contribution in [0.5, 0.6) is 5.75 Å². The predicted octanol–water partition coefficient (Wildman–Crippen LogP) is 2.71. The van der Waals surface area contributed by atoms with Gasteiger partial charge >= 0.3 is 0 Å². The van der Waals surface area contributed by atoms with Crippen molar-refractivity contribution in [1.29, 1.82) is 0 Å². The van der Waals surface area contributed by atoms with Gasteiger partial charge in [0.1, 0.15) is 5.75 Å². The number of aromatic nitrogens is 1. The number of phenols is 1. The van der Waals surface area contributed by atoms with Crippen molar-refractivity contribution in [2.24, 2.45) is 0 Å². The van der Waals surface area contributed by atoms with Gasteiger partial charge in [-0.2, -0.15) is 0 Å². The number of phenolic OH excluding ortho intramolecular Hbond substituents is 1. The van der Waals surface area contributed by atoms with E-state index in [0.717, 1.165) is 16.9 Å². The molecule has 0 spiro atoms. The van der Waals surface area contributed by atoms with Crippen LogP contribution in [0, 0.1) is 6.92 Å². The topological polar surface area (TPSA) is 45.1 Å². The summed E-state index contributed by atoms with van der Waals surface area (Å²) in [5, 5.41) is 12.5. The van der Waals surface area contributed by atoms with Crippen LogP contribution in [0.2, 0.25) is 0 Å². The maximum Gasteiger partial charge on any atom is 0.117 e. The second-order valence-electron chi connectivity index (χ2n) is 3.71. The van der Waals surface area contributed by atoms with Crippen LogP contribution in [0.3, 0.4) is 0 Å². The summed E-state index contributed by atoms with van der Waals surface area (Å²) in [4.78, 5) is 4.22. The summed E-state index contributed by atoms with van der Waals surface area (Å²) in [5.41, 5.74) is 3.04. The lowest BCUT2D eigenvalue weighted by molar-refractivity contribution is 0.475. The molecule has 2 rings (SSSR count). The molecule has 1 aromatic carbocycles. The Morgan fingerprint density at radius 1 is 1.25 bits per heavy atom. The van der Waals surface area contributed by atoms with Crippen molar-refractivity contribution < 1.29 is 5.11 Å². The van der Waals surface area contributed by atoms with E-state index in [1.165, 1.54) is 0 Å². The summed E-state index contributed by atoms with van der Waals surface area (Å²) in [5.74, 6) is 0.270. The zero-order valence-electron chi connectivity index (χ0n) is 9.14. The van der Waals surface area contributed by atoms with E-state index in [1.54, 1.807) is 12.1 Å². The molecule has 0 saturated heterocycles. The molecule has 3 heteroatoms. The third kappa shape index (κ3) is 2.73. The van der Waals surface area contributed by atoms with Crippen molar-refractivity contribution in [1.82, 2.24) is 4.98 Å². The van der Waals surface area contributed by atoms with E-state index in [9.17, 15) is 5.11 Å². The fraction of sp³-hybridized carbons (Fsp3) is 0.154. The lowest BCUT2D eigenvalue weighted by Gasteiger charge is -2.06. The molecule has 2 aromatic rings. The Kier molecular flexibility index (Phi) is 3.05. The van der Waals surface area contributed by atoms with Crippen molar-refractivity contribution in [3.63, 3.8) is 0 Å². The Labute approximate surface area is 94.8 Å². The highest BCUT2D eigenvalue weighted by atomic mass is 16.3. The molecule has 0 aliphatic rings. The molecule has 0 fully saturated rings. The number of pyridine rings is 1. The van der Waals surface area contributed by atoms with Gasteiger partial charge in [-0.1, -0.05) is 12.1 Å². The van der Waals surface area contributed by atoms with Gasteiger partial charge in [0.25, 0.3) is 0 Å². The van der Waals surface area contributed by atoms with Gasteiger partial charge in [-0.05, 0) is 30.7 Å². The third-order valence-electron chi connectivity index (χ3n) is 2.32. The fourth-order valence-electron chi connectivity index (χ4n) is 1.42. The van der Waals surface area contributed by atoms with E-state index in [0.29, 0.717) is 6.54 Å². The highest BCUT2D eigenvalue weighted by Gasteiger charge is 1.95. The Balaban J connectivity index is 1.99. The summed E-state index contributed by atoms with van der Waals surface area (Å²) in [6, 6.07) is 11.1. The highest BCUT2D eigenvalue weighted by Crippen LogP contribution is 2.16. The molecule has 0 atom stereocenters. The third-order valence-corrected chi connectivity index (χ3v) is 2.32. The maximum atomic E-state index is 9.29. The summed E-state index contributed by atoms with van der Waals surface area (Å²) in [6.45, 7) is 2.67. The molecule has 0 radical (unpaired) electrons. The highest BCUT2D eigenvalue weighted by molar-refractivity contribution is 5.47. The summed E-state index contributed by atoms with van der Waals surface area (Å²) < 4.78 is 0. The van der Waals surface area contributed by atoms with Crippen molar-refractivity contribution >= 4 is 5.69 Å². The van der Waals surface area contributed by atoms with Crippen LogP contribution >= 0.6 is 0 Å². The summed E-state index contributed by atoms with van der Waals surface area (Å²) in [7, 11) is 0. The molecule has 0 amide bonds. The number of hydrogen-bond acceptors (Lipinski definition) is 3. The van der Waals surface area contributed by atoms with Gasteiger partial charge < -0.3 is 10.4 Å². The monoisotopic (exact) mass is 214 g/mol. The number of hydrogen-bond donors (Lipinski definition) is 2. The van der Waals surface area contributed by atoms with Gasteiger partial charge in [0.2, 0.25) is 0 Å². The number of nitrogens with one attached hydrogen (secondary N) is 1. The number of anilines is 1. The molecular weight excluding hydrogens is 200 g/mol. The largest absolute Gasteiger partial charge is 0.508 e. The number of aromatic hydroxyl groups is 1. The van der Waals surface area contributed by atoms with Crippen molar-refractivity contribution in [2.45, 2.75) is 13.5 Å². The minimum absolute atomic E-state index is 0.270. The van der Waals surface area contributed by atoms with E-state index in [1.807, 2.05) is 37.4 Å². The zero-order valence-corrected chi connectivity index (χ0v) is 9.14. The van der Waals surface area contributed by atoms with E-state index in [2.05, 4.69) is 10.3 Å². The Bertz CT molecular complexity index is 466. The van der Waals surface area contributed by atoms with Crippen molar-refractivity contribution in [3.05, 3.63) is 53.9 Å². The average molecular weight is 214 g/mol. The first-order chi connectivity index (χ1) is 7.74. The maximum absolute atomic E-state index is 9.29. The van der Waals surface area contributed by atoms with Crippen molar-refractivity contribution in [3.8, 4) is 5.75 Å².